The summed E-state index contributed by atoms with van der Waals surface area (Å²) in [6.07, 6.45) is 3.57. The fourth-order valence-corrected chi connectivity index (χ4v) is 1.53. The van der Waals surface area contributed by atoms with Gasteiger partial charge in [-0.2, -0.15) is 0 Å². The van der Waals surface area contributed by atoms with Gasteiger partial charge in [0.1, 0.15) is 17.0 Å². The van der Waals surface area contributed by atoms with Gasteiger partial charge >= 0.3 is 5.97 Å². The lowest BCUT2D eigenvalue weighted by atomic mass is 10.0. The van der Waals surface area contributed by atoms with Gasteiger partial charge in [0.05, 0.1) is 12.4 Å². The Balaban J connectivity index is 2.20. The second kappa shape index (κ2) is 3.42. The van der Waals surface area contributed by atoms with E-state index in [1.807, 2.05) is 0 Å². The molecule has 5 nitrogen and oxygen atoms in total. The van der Waals surface area contributed by atoms with E-state index < -0.39 is 12.0 Å². The largest absolute Gasteiger partial charge is 0.480 e. The molecule has 0 amide bonds. The molecule has 1 saturated heterocycles. The van der Waals surface area contributed by atoms with Gasteiger partial charge in [-0.05, 0) is 6.42 Å². The van der Waals surface area contributed by atoms with Gasteiger partial charge in [-0.15, -0.1) is 0 Å². The van der Waals surface area contributed by atoms with Crippen LogP contribution in [-0.4, -0.2) is 33.6 Å². The van der Waals surface area contributed by atoms with Crippen LogP contribution in [-0.2, 0) is 4.79 Å². The SMILES string of the molecule is O=C(O)C1CCN1c1cncc(Cl)n1. The molecule has 2 rings (SSSR count). The second-order valence-electron chi connectivity index (χ2n) is 3.04. The van der Waals surface area contributed by atoms with Crippen LogP contribution in [0, 0.1) is 0 Å². The smallest absolute Gasteiger partial charge is 0.326 e. The van der Waals surface area contributed by atoms with Crippen molar-refractivity contribution in [1.82, 2.24) is 9.97 Å². The minimum atomic E-state index is -0.835. The minimum absolute atomic E-state index is 0.276. The zero-order valence-corrected chi connectivity index (χ0v) is 7.98. The lowest BCUT2D eigenvalue weighted by Crippen LogP contribution is -2.53. The predicted octanol–water partition coefficient (Wildman–Crippen LogP) is 0.793. The molecule has 14 heavy (non-hydrogen) atoms. The van der Waals surface area contributed by atoms with Crippen molar-refractivity contribution in [2.45, 2.75) is 12.5 Å². The van der Waals surface area contributed by atoms with Crippen molar-refractivity contribution in [3.05, 3.63) is 17.5 Å². The second-order valence-corrected chi connectivity index (χ2v) is 3.42. The van der Waals surface area contributed by atoms with Crippen molar-refractivity contribution in [3.63, 3.8) is 0 Å². The van der Waals surface area contributed by atoms with Crippen molar-refractivity contribution in [1.29, 1.82) is 0 Å². The van der Waals surface area contributed by atoms with E-state index >= 15 is 0 Å². The predicted molar refractivity (Wildman–Crippen MR) is 50.4 cm³/mol. The average molecular weight is 214 g/mol. The third-order valence-electron chi connectivity index (χ3n) is 2.19. The maximum absolute atomic E-state index is 10.7. The van der Waals surface area contributed by atoms with Crippen LogP contribution >= 0.6 is 11.6 Å². The Labute approximate surface area is 85.3 Å². The Morgan fingerprint density at radius 3 is 2.93 bits per heavy atom. The maximum atomic E-state index is 10.7. The van der Waals surface area contributed by atoms with Crippen LogP contribution in [0.2, 0.25) is 5.15 Å². The van der Waals surface area contributed by atoms with Crippen molar-refractivity contribution in [3.8, 4) is 0 Å². The van der Waals surface area contributed by atoms with E-state index in [0.717, 1.165) is 0 Å². The van der Waals surface area contributed by atoms with Crippen LogP contribution in [0.15, 0.2) is 12.4 Å². The van der Waals surface area contributed by atoms with Crippen molar-refractivity contribution in [2.24, 2.45) is 0 Å². The average Bonchev–Trinajstić information content (AvgIpc) is 2.00. The molecule has 1 fully saturated rings. The normalized spacial score (nSPS) is 20.4. The van der Waals surface area contributed by atoms with E-state index in [-0.39, 0.29) is 5.15 Å². The van der Waals surface area contributed by atoms with Gasteiger partial charge in [-0.25, -0.2) is 9.78 Å². The maximum Gasteiger partial charge on any atom is 0.326 e. The van der Waals surface area contributed by atoms with Crippen LogP contribution in [0.4, 0.5) is 5.82 Å². The van der Waals surface area contributed by atoms with Crippen LogP contribution in [0.3, 0.4) is 0 Å². The Bertz CT molecular complexity index is 371. The molecule has 74 valence electrons. The monoisotopic (exact) mass is 213 g/mol. The molecule has 0 saturated carbocycles. The molecular weight excluding hydrogens is 206 g/mol. The zero-order valence-electron chi connectivity index (χ0n) is 7.22. The molecule has 1 N–H and O–H groups in total. The fraction of sp³-hybridized carbons (Fsp3) is 0.375. The van der Waals surface area contributed by atoms with Gasteiger partial charge in [0, 0.05) is 6.54 Å². The van der Waals surface area contributed by atoms with Gasteiger partial charge in [0.15, 0.2) is 0 Å². The van der Waals surface area contributed by atoms with E-state index in [1.54, 1.807) is 4.90 Å². The lowest BCUT2D eigenvalue weighted by Gasteiger charge is -2.38. The number of halogens is 1. The summed E-state index contributed by atoms with van der Waals surface area (Å²) in [4.78, 5) is 20.2. The zero-order chi connectivity index (χ0) is 10.1. The molecule has 1 atom stereocenters. The number of carboxylic acids is 1. The number of aliphatic carboxylic acids is 1. The van der Waals surface area contributed by atoms with Crippen LogP contribution in [0.5, 0.6) is 0 Å². The van der Waals surface area contributed by atoms with Crippen LogP contribution in [0.25, 0.3) is 0 Å². The molecule has 0 bridgehead atoms. The Morgan fingerprint density at radius 1 is 1.64 bits per heavy atom. The number of rotatable bonds is 2. The number of aromatic nitrogens is 2. The molecular formula is C8H8ClN3O2. The van der Waals surface area contributed by atoms with Crippen molar-refractivity contribution in [2.75, 3.05) is 11.4 Å². The Kier molecular flexibility index (Phi) is 2.25. The third-order valence-corrected chi connectivity index (χ3v) is 2.37. The number of hydrogen-bond acceptors (Lipinski definition) is 4. The first kappa shape index (κ1) is 9.21. The molecule has 0 aliphatic carbocycles. The van der Waals surface area contributed by atoms with Gasteiger partial charge in [-0.1, -0.05) is 11.6 Å². The summed E-state index contributed by atoms with van der Waals surface area (Å²) in [7, 11) is 0. The molecule has 0 spiro atoms. The first-order chi connectivity index (χ1) is 6.68. The molecule has 1 aromatic rings. The molecule has 1 aliphatic rings. The first-order valence-corrected chi connectivity index (χ1v) is 4.53. The van der Waals surface area contributed by atoms with E-state index in [9.17, 15) is 4.79 Å². The Hall–Kier alpha value is -1.36. The number of hydrogen-bond donors (Lipinski definition) is 1. The van der Waals surface area contributed by atoms with Gasteiger partial charge in [0.2, 0.25) is 0 Å². The molecule has 1 aliphatic heterocycles. The highest BCUT2D eigenvalue weighted by Crippen LogP contribution is 2.24. The summed E-state index contributed by atoms with van der Waals surface area (Å²) in [6, 6.07) is -0.484. The summed E-state index contributed by atoms with van der Waals surface area (Å²) in [5.74, 6) is -0.311. The van der Waals surface area contributed by atoms with E-state index in [2.05, 4.69) is 9.97 Å². The number of anilines is 1. The van der Waals surface area contributed by atoms with Crippen molar-refractivity contribution >= 4 is 23.4 Å². The van der Waals surface area contributed by atoms with E-state index in [4.69, 9.17) is 16.7 Å². The molecule has 2 heterocycles. The van der Waals surface area contributed by atoms with Gasteiger partial charge in [-0.3, -0.25) is 4.98 Å². The standard InChI is InChI=1S/C8H8ClN3O2/c9-6-3-10-4-7(11-6)12-2-1-5(12)8(13)14/h3-5H,1-2H2,(H,13,14). The summed E-state index contributed by atoms with van der Waals surface area (Å²) >= 11 is 5.65. The van der Waals surface area contributed by atoms with Gasteiger partial charge in [0.25, 0.3) is 0 Å². The van der Waals surface area contributed by atoms with Crippen LogP contribution in [0.1, 0.15) is 6.42 Å². The molecule has 0 radical (unpaired) electrons. The van der Waals surface area contributed by atoms with Gasteiger partial charge < -0.3 is 10.0 Å². The topological polar surface area (TPSA) is 66.3 Å². The minimum Gasteiger partial charge on any atom is -0.480 e. The molecule has 6 heteroatoms. The summed E-state index contributed by atoms with van der Waals surface area (Å²) < 4.78 is 0. The highest BCUT2D eigenvalue weighted by atomic mass is 35.5. The third kappa shape index (κ3) is 1.50. The number of nitrogens with zero attached hydrogens (tertiary/aromatic N) is 3. The number of carboxylic acid groups (broad SMARTS) is 1. The summed E-state index contributed by atoms with van der Waals surface area (Å²) in [6.45, 7) is 0.686. The first-order valence-electron chi connectivity index (χ1n) is 4.15. The summed E-state index contributed by atoms with van der Waals surface area (Å²) in [5, 5.41) is 9.09. The highest BCUT2D eigenvalue weighted by molar-refractivity contribution is 6.29. The Morgan fingerprint density at radius 2 is 2.43 bits per heavy atom. The lowest BCUT2D eigenvalue weighted by molar-refractivity contribution is -0.140. The fourth-order valence-electron chi connectivity index (χ4n) is 1.39. The molecule has 1 unspecified atom stereocenters. The molecule has 1 aromatic heterocycles. The van der Waals surface area contributed by atoms with Crippen molar-refractivity contribution < 1.29 is 9.90 Å². The van der Waals surface area contributed by atoms with E-state index in [0.29, 0.717) is 18.8 Å². The van der Waals surface area contributed by atoms with Crippen LogP contribution < -0.4 is 4.90 Å². The molecule has 0 aromatic carbocycles. The van der Waals surface area contributed by atoms with E-state index in [1.165, 1.54) is 12.4 Å². The quantitative estimate of drug-likeness (QED) is 0.787. The number of carbonyl (C=O) groups is 1. The summed E-state index contributed by atoms with van der Waals surface area (Å²) in [5.41, 5.74) is 0. The highest BCUT2D eigenvalue weighted by Gasteiger charge is 2.35.